The van der Waals surface area contributed by atoms with Crippen LogP contribution in [0.5, 0.6) is 0 Å². The molecule has 7 nitrogen and oxygen atoms in total. The molecule has 9 heteroatoms. The molecule has 0 radical (unpaired) electrons. The lowest BCUT2D eigenvalue weighted by Gasteiger charge is -2.34. The van der Waals surface area contributed by atoms with Gasteiger partial charge in [0.2, 0.25) is 0 Å². The van der Waals surface area contributed by atoms with Crippen LogP contribution in [0.4, 0.5) is 5.82 Å². The lowest BCUT2D eigenvalue weighted by Crippen LogP contribution is -2.48. The molecular weight excluding hydrogens is 301 g/mol. The number of aromatic nitrogens is 4. The lowest BCUT2D eigenvalue weighted by atomic mass is 10.3. The van der Waals surface area contributed by atoms with Crippen LogP contribution in [0.15, 0.2) is 18.5 Å². The van der Waals surface area contributed by atoms with Crippen molar-refractivity contribution >= 4 is 36.3 Å². The van der Waals surface area contributed by atoms with Crippen LogP contribution < -0.4 is 10.6 Å². The molecule has 2 aromatic rings. The Morgan fingerprint density at radius 1 is 1.10 bits per heavy atom. The Balaban J connectivity index is 0.000001000. The molecule has 0 aromatic carbocycles. The van der Waals surface area contributed by atoms with E-state index in [4.69, 9.17) is 5.73 Å². The molecular formula is C11H19Cl2N7. The summed E-state index contributed by atoms with van der Waals surface area (Å²) in [7, 11) is 0. The summed E-state index contributed by atoms with van der Waals surface area (Å²) in [6, 6.07) is 3.95. The van der Waals surface area contributed by atoms with E-state index in [9.17, 15) is 0 Å². The van der Waals surface area contributed by atoms with Crippen LogP contribution in [0.1, 0.15) is 0 Å². The minimum absolute atomic E-state index is 0. The Labute approximate surface area is 129 Å². The Morgan fingerprint density at radius 2 is 1.85 bits per heavy atom. The second kappa shape index (κ2) is 7.58. The minimum atomic E-state index is 0. The van der Waals surface area contributed by atoms with E-state index >= 15 is 0 Å². The van der Waals surface area contributed by atoms with Gasteiger partial charge in [0.05, 0.1) is 0 Å². The summed E-state index contributed by atoms with van der Waals surface area (Å²) in [6.45, 7) is 5.76. The zero-order valence-electron chi connectivity index (χ0n) is 11.1. The number of nitrogens with zero attached hydrogens (tertiary/aromatic N) is 6. The zero-order chi connectivity index (χ0) is 12.4. The van der Waals surface area contributed by atoms with E-state index in [2.05, 4.69) is 25.1 Å². The molecule has 1 fully saturated rings. The van der Waals surface area contributed by atoms with Crippen LogP contribution in [-0.2, 0) is 0 Å². The fraction of sp³-hybridized carbons (Fsp3) is 0.545. The summed E-state index contributed by atoms with van der Waals surface area (Å²) in [5, 5.41) is 12.3. The molecule has 0 unspecified atom stereocenters. The van der Waals surface area contributed by atoms with E-state index in [0.717, 1.165) is 50.7 Å². The largest absolute Gasteiger partial charge is 0.353 e. The van der Waals surface area contributed by atoms with Crippen LogP contribution in [0, 0.1) is 0 Å². The maximum Gasteiger partial charge on any atom is 0.177 e. The van der Waals surface area contributed by atoms with Crippen molar-refractivity contribution in [2.45, 2.75) is 0 Å². The maximum atomic E-state index is 5.57. The fourth-order valence-electron chi connectivity index (χ4n) is 2.27. The van der Waals surface area contributed by atoms with E-state index in [0.29, 0.717) is 0 Å². The average Bonchev–Trinajstić information content (AvgIpc) is 2.87. The van der Waals surface area contributed by atoms with Crippen molar-refractivity contribution in [2.24, 2.45) is 5.73 Å². The highest BCUT2D eigenvalue weighted by molar-refractivity contribution is 5.85. The van der Waals surface area contributed by atoms with Gasteiger partial charge < -0.3 is 10.6 Å². The topological polar surface area (TPSA) is 75.6 Å². The molecule has 20 heavy (non-hydrogen) atoms. The molecule has 3 heterocycles. The van der Waals surface area contributed by atoms with E-state index in [1.165, 1.54) is 0 Å². The highest BCUT2D eigenvalue weighted by Gasteiger charge is 2.17. The van der Waals surface area contributed by atoms with Crippen LogP contribution >= 0.6 is 24.8 Å². The predicted molar refractivity (Wildman–Crippen MR) is 83.0 cm³/mol. The summed E-state index contributed by atoms with van der Waals surface area (Å²) in [5.74, 6) is 0.981. The Morgan fingerprint density at radius 3 is 2.55 bits per heavy atom. The van der Waals surface area contributed by atoms with Gasteiger partial charge in [-0.2, -0.15) is 4.52 Å². The van der Waals surface area contributed by atoms with Gasteiger partial charge in [-0.25, -0.2) is 0 Å². The number of nitrogens with two attached hydrogens (primary N) is 1. The Bertz CT molecular complexity index is 524. The molecule has 0 bridgehead atoms. The van der Waals surface area contributed by atoms with E-state index in [1.807, 2.05) is 12.1 Å². The summed E-state index contributed by atoms with van der Waals surface area (Å²) in [4.78, 5) is 4.67. The van der Waals surface area contributed by atoms with Crippen molar-refractivity contribution in [3.63, 3.8) is 0 Å². The summed E-state index contributed by atoms with van der Waals surface area (Å²) >= 11 is 0. The van der Waals surface area contributed by atoms with Crippen LogP contribution in [0.25, 0.3) is 5.65 Å². The molecule has 0 atom stereocenters. The number of rotatable bonds is 3. The number of piperazine rings is 1. The third-order valence-corrected chi connectivity index (χ3v) is 3.29. The van der Waals surface area contributed by atoms with Crippen molar-refractivity contribution in [1.29, 1.82) is 0 Å². The third kappa shape index (κ3) is 3.49. The van der Waals surface area contributed by atoms with Gasteiger partial charge in [-0.1, -0.05) is 0 Å². The molecule has 0 spiro atoms. The zero-order valence-corrected chi connectivity index (χ0v) is 12.7. The molecule has 1 saturated heterocycles. The second-order valence-corrected chi connectivity index (χ2v) is 4.44. The molecule has 0 amide bonds. The van der Waals surface area contributed by atoms with Crippen LogP contribution in [-0.4, -0.2) is 64.0 Å². The fourth-order valence-corrected chi connectivity index (χ4v) is 2.27. The average molecular weight is 320 g/mol. The highest BCUT2D eigenvalue weighted by atomic mass is 35.5. The SMILES string of the molecule is Cl.Cl.NCCN1CCN(c2ccc3nncn3n2)CC1. The van der Waals surface area contributed by atoms with Crippen molar-refractivity contribution in [1.82, 2.24) is 24.7 Å². The van der Waals surface area contributed by atoms with Gasteiger partial charge >= 0.3 is 0 Å². The molecule has 3 rings (SSSR count). The number of hydrogen-bond acceptors (Lipinski definition) is 6. The summed E-state index contributed by atoms with van der Waals surface area (Å²) < 4.78 is 1.71. The number of fused-ring (bicyclic) bond motifs is 1. The van der Waals surface area contributed by atoms with E-state index in [1.54, 1.807) is 10.8 Å². The Hall–Kier alpha value is -1.15. The molecule has 0 saturated carbocycles. The van der Waals surface area contributed by atoms with Gasteiger partial charge in [0.25, 0.3) is 0 Å². The normalized spacial score (nSPS) is 15.8. The van der Waals surface area contributed by atoms with Crippen LogP contribution in [0.3, 0.4) is 0 Å². The van der Waals surface area contributed by atoms with E-state index in [-0.39, 0.29) is 24.8 Å². The first-order chi connectivity index (χ1) is 8.86. The first-order valence-corrected chi connectivity index (χ1v) is 6.21. The predicted octanol–water partition coefficient (Wildman–Crippen LogP) is 0.0486. The number of hydrogen-bond donors (Lipinski definition) is 1. The third-order valence-electron chi connectivity index (χ3n) is 3.29. The Kier molecular flexibility index (Phi) is 6.41. The minimum Gasteiger partial charge on any atom is -0.353 e. The van der Waals surface area contributed by atoms with Gasteiger partial charge in [0.1, 0.15) is 12.1 Å². The van der Waals surface area contributed by atoms with Crippen molar-refractivity contribution in [3.05, 3.63) is 18.5 Å². The first kappa shape index (κ1) is 16.9. The second-order valence-electron chi connectivity index (χ2n) is 4.44. The molecule has 2 N–H and O–H groups in total. The van der Waals surface area contributed by atoms with Gasteiger partial charge in [0, 0.05) is 39.3 Å². The van der Waals surface area contributed by atoms with Crippen molar-refractivity contribution < 1.29 is 0 Å². The smallest absolute Gasteiger partial charge is 0.177 e. The molecule has 0 aliphatic carbocycles. The van der Waals surface area contributed by atoms with Crippen molar-refractivity contribution in [3.8, 4) is 0 Å². The first-order valence-electron chi connectivity index (χ1n) is 6.21. The molecule has 1 aliphatic rings. The quantitative estimate of drug-likeness (QED) is 0.861. The van der Waals surface area contributed by atoms with Gasteiger partial charge in [-0.3, -0.25) is 4.90 Å². The lowest BCUT2D eigenvalue weighted by molar-refractivity contribution is 0.264. The van der Waals surface area contributed by atoms with Crippen molar-refractivity contribution in [2.75, 3.05) is 44.2 Å². The molecule has 112 valence electrons. The maximum absolute atomic E-state index is 5.57. The highest BCUT2D eigenvalue weighted by Crippen LogP contribution is 2.13. The molecule has 1 aliphatic heterocycles. The summed E-state index contributed by atoms with van der Waals surface area (Å²) in [5.41, 5.74) is 6.35. The summed E-state index contributed by atoms with van der Waals surface area (Å²) in [6.07, 6.45) is 1.63. The monoisotopic (exact) mass is 319 g/mol. The van der Waals surface area contributed by atoms with Gasteiger partial charge in [0.15, 0.2) is 5.65 Å². The van der Waals surface area contributed by atoms with Crippen LogP contribution in [0.2, 0.25) is 0 Å². The van der Waals surface area contributed by atoms with E-state index < -0.39 is 0 Å². The van der Waals surface area contributed by atoms with Gasteiger partial charge in [-0.15, -0.1) is 40.1 Å². The number of anilines is 1. The molecule has 2 aromatic heterocycles. The standard InChI is InChI=1S/C11H17N7.2ClH/c12-3-4-16-5-7-17(8-6-16)11-2-1-10-14-13-9-18(10)15-11;;/h1-2,9H,3-8,12H2;2*1H. The number of halogens is 2. The van der Waals surface area contributed by atoms with Gasteiger partial charge in [-0.05, 0) is 12.1 Å².